The summed E-state index contributed by atoms with van der Waals surface area (Å²) < 4.78 is 0. The largest absolute Gasteiger partial charge is 0.228 e. The Kier molecular flexibility index (Phi) is 8.51. The van der Waals surface area contributed by atoms with Crippen LogP contribution in [0.15, 0.2) is 231 Å². The van der Waals surface area contributed by atoms with E-state index in [1.165, 1.54) is 82.9 Å². The number of rotatable bonds is 6. The number of benzene rings is 10. The van der Waals surface area contributed by atoms with Gasteiger partial charge in [0.2, 0.25) is 0 Å². The van der Waals surface area contributed by atoms with Crippen molar-refractivity contribution in [3.8, 4) is 67.3 Å². The average Bonchev–Trinajstić information content (AvgIpc) is 3.82. The fourth-order valence-electron chi connectivity index (χ4n) is 11.6. The highest BCUT2D eigenvalue weighted by Crippen LogP contribution is 2.58. The molecule has 11 aromatic rings. The van der Waals surface area contributed by atoms with Gasteiger partial charge in [0.15, 0.2) is 5.82 Å². The number of hydrogen-bond donors (Lipinski definition) is 0. The highest BCUT2D eigenvalue weighted by atomic mass is 14.9. The molecule has 0 amide bonds. The molecule has 0 atom stereocenters. The lowest BCUT2D eigenvalue weighted by molar-refractivity contribution is 0.661. The Balaban J connectivity index is 1.01. The number of aromatic nitrogens is 2. The van der Waals surface area contributed by atoms with E-state index in [4.69, 9.17) is 9.97 Å². The molecule has 2 aliphatic carbocycles. The zero-order valence-corrected chi connectivity index (χ0v) is 36.8. The molecule has 2 heteroatoms. The van der Waals surface area contributed by atoms with Gasteiger partial charge in [-0.25, -0.2) is 9.97 Å². The van der Waals surface area contributed by atoms with E-state index >= 15 is 0 Å². The molecule has 0 unspecified atom stereocenters. The summed E-state index contributed by atoms with van der Waals surface area (Å²) in [6.45, 7) is 4.75. The molecule has 2 nitrogen and oxygen atoms in total. The Labute approximate surface area is 385 Å². The van der Waals surface area contributed by atoms with Crippen LogP contribution in [-0.4, -0.2) is 9.97 Å². The van der Waals surface area contributed by atoms with Crippen molar-refractivity contribution in [3.05, 3.63) is 264 Å². The van der Waals surface area contributed by atoms with Crippen molar-refractivity contribution < 1.29 is 0 Å². The van der Waals surface area contributed by atoms with Crippen LogP contribution >= 0.6 is 0 Å². The van der Waals surface area contributed by atoms with E-state index in [0.29, 0.717) is 5.82 Å². The van der Waals surface area contributed by atoms with E-state index in [1.807, 2.05) is 0 Å². The van der Waals surface area contributed by atoms with Gasteiger partial charge in [-0.15, -0.1) is 0 Å². The molecule has 1 heterocycles. The fraction of sp³-hybridized carbons (Fsp3) is 0.0625. The average molecular weight is 841 g/mol. The second kappa shape index (κ2) is 14.7. The first-order valence-electron chi connectivity index (χ1n) is 23.0. The van der Waals surface area contributed by atoms with Gasteiger partial charge in [-0.05, 0) is 100 Å². The van der Waals surface area contributed by atoms with E-state index in [1.54, 1.807) is 0 Å². The van der Waals surface area contributed by atoms with Crippen molar-refractivity contribution in [2.45, 2.75) is 24.7 Å². The predicted octanol–water partition coefficient (Wildman–Crippen LogP) is 16.1. The van der Waals surface area contributed by atoms with E-state index in [2.05, 4.69) is 244 Å². The first kappa shape index (κ1) is 38.3. The summed E-state index contributed by atoms with van der Waals surface area (Å²) >= 11 is 0. The summed E-state index contributed by atoms with van der Waals surface area (Å²) in [5, 5.41) is 4.95. The van der Waals surface area contributed by atoms with E-state index in [0.717, 1.165) is 33.5 Å². The Hall–Kier alpha value is -8.20. The molecule has 0 aliphatic heterocycles. The Morgan fingerprint density at radius 2 is 0.864 bits per heavy atom. The van der Waals surface area contributed by atoms with Crippen molar-refractivity contribution in [3.63, 3.8) is 0 Å². The van der Waals surface area contributed by atoms with Gasteiger partial charge in [-0.2, -0.15) is 0 Å². The third-order valence-corrected chi connectivity index (χ3v) is 14.6. The second-order valence-electron chi connectivity index (χ2n) is 18.4. The molecule has 2 aliphatic rings. The van der Waals surface area contributed by atoms with Gasteiger partial charge in [0.25, 0.3) is 0 Å². The molecule has 10 aromatic carbocycles. The third-order valence-electron chi connectivity index (χ3n) is 14.6. The first-order chi connectivity index (χ1) is 32.5. The molecule has 0 radical (unpaired) electrons. The Morgan fingerprint density at radius 1 is 0.318 bits per heavy atom. The van der Waals surface area contributed by atoms with Gasteiger partial charge in [-0.1, -0.05) is 232 Å². The smallest absolute Gasteiger partial charge is 0.160 e. The van der Waals surface area contributed by atoms with Gasteiger partial charge in [0.05, 0.1) is 16.8 Å². The molecular formula is C64H44N2. The van der Waals surface area contributed by atoms with Crippen LogP contribution < -0.4 is 0 Å². The minimum absolute atomic E-state index is 0.133. The highest BCUT2D eigenvalue weighted by Gasteiger charge is 2.47. The predicted molar refractivity (Wildman–Crippen MR) is 274 cm³/mol. The molecule has 0 bridgehead atoms. The molecule has 310 valence electrons. The standard InChI is InChI=1S/C64H44N2/c1-63(2)55-38-34-41-19-12-13-26-47(41)60(55)52-35-33-43(39-57(52)63)46-36-37-50(49-28-15-14-27-48(46)49)58-40-59(66-62(65-58)42-20-6-3-7-21-42)53-30-18-32-56-61(53)51-29-16-17-31-54(51)64(56,44-22-8-4-9-23-44)45-24-10-5-11-25-45/h3-40H,1-2H3. The summed E-state index contributed by atoms with van der Waals surface area (Å²) in [5.74, 6) is 0.700. The summed E-state index contributed by atoms with van der Waals surface area (Å²) in [5.41, 5.74) is 19.6. The van der Waals surface area contributed by atoms with Crippen LogP contribution in [0.2, 0.25) is 0 Å². The van der Waals surface area contributed by atoms with Crippen LogP contribution in [0.4, 0.5) is 0 Å². The Bertz CT molecular complexity index is 3680. The maximum absolute atomic E-state index is 5.46. The molecule has 0 spiro atoms. The van der Waals surface area contributed by atoms with Crippen molar-refractivity contribution in [1.29, 1.82) is 0 Å². The summed E-state index contributed by atoms with van der Waals surface area (Å²) in [4.78, 5) is 10.9. The molecular weight excluding hydrogens is 797 g/mol. The fourth-order valence-corrected chi connectivity index (χ4v) is 11.6. The number of fused-ring (bicyclic) bond motifs is 9. The molecule has 0 N–H and O–H groups in total. The van der Waals surface area contributed by atoms with Crippen LogP contribution in [0.5, 0.6) is 0 Å². The van der Waals surface area contributed by atoms with Crippen LogP contribution in [0, 0.1) is 0 Å². The Morgan fingerprint density at radius 3 is 1.61 bits per heavy atom. The van der Waals surface area contributed by atoms with E-state index in [9.17, 15) is 0 Å². The minimum atomic E-state index is -0.516. The minimum Gasteiger partial charge on any atom is -0.228 e. The number of hydrogen-bond acceptors (Lipinski definition) is 2. The quantitative estimate of drug-likeness (QED) is 0.167. The molecule has 66 heavy (non-hydrogen) atoms. The summed E-state index contributed by atoms with van der Waals surface area (Å²) in [6.07, 6.45) is 0. The first-order valence-corrected chi connectivity index (χ1v) is 23.0. The van der Waals surface area contributed by atoms with Crippen molar-refractivity contribution in [2.24, 2.45) is 0 Å². The topological polar surface area (TPSA) is 25.8 Å². The summed E-state index contributed by atoms with van der Waals surface area (Å²) in [7, 11) is 0. The lowest BCUT2D eigenvalue weighted by Crippen LogP contribution is -2.28. The van der Waals surface area contributed by atoms with Gasteiger partial charge >= 0.3 is 0 Å². The highest BCUT2D eigenvalue weighted by molar-refractivity contribution is 6.07. The molecule has 13 rings (SSSR count). The maximum atomic E-state index is 5.46. The normalized spacial score (nSPS) is 13.8. The van der Waals surface area contributed by atoms with Gasteiger partial charge < -0.3 is 0 Å². The van der Waals surface area contributed by atoms with Gasteiger partial charge in [-0.3, -0.25) is 0 Å². The van der Waals surface area contributed by atoms with Gasteiger partial charge in [0.1, 0.15) is 0 Å². The molecule has 0 fully saturated rings. The maximum Gasteiger partial charge on any atom is 0.160 e. The molecule has 0 saturated heterocycles. The van der Waals surface area contributed by atoms with Crippen LogP contribution in [-0.2, 0) is 10.8 Å². The SMILES string of the molecule is CC1(C)c2cc(-c3ccc(-c4cc(-c5cccc6c5-c5ccccc5C6(c5ccccc5)c5ccccc5)nc(-c5ccccc5)n4)c4ccccc34)ccc2-c2c1ccc1ccccc21. The zero-order chi connectivity index (χ0) is 44.0. The lowest BCUT2D eigenvalue weighted by Gasteiger charge is -2.33. The second-order valence-corrected chi connectivity index (χ2v) is 18.4. The monoisotopic (exact) mass is 840 g/mol. The lowest BCUT2D eigenvalue weighted by atomic mass is 9.67. The molecule has 0 saturated carbocycles. The van der Waals surface area contributed by atoms with Crippen molar-refractivity contribution >= 4 is 21.5 Å². The van der Waals surface area contributed by atoms with Crippen molar-refractivity contribution in [1.82, 2.24) is 9.97 Å². The van der Waals surface area contributed by atoms with E-state index in [-0.39, 0.29) is 5.41 Å². The zero-order valence-electron chi connectivity index (χ0n) is 36.8. The van der Waals surface area contributed by atoms with E-state index < -0.39 is 5.41 Å². The van der Waals surface area contributed by atoms with Crippen LogP contribution in [0.3, 0.4) is 0 Å². The van der Waals surface area contributed by atoms with Gasteiger partial charge in [0, 0.05) is 22.1 Å². The van der Waals surface area contributed by atoms with Crippen molar-refractivity contribution in [2.75, 3.05) is 0 Å². The number of nitrogens with zero attached hydrogens (tertiary/aromatic N) is 2. The third kappa shape index (κ3) is 5.55. The van der Waals surface area contributed by atoms with Crippen LogP contribution in [0.25, 0.3) is 88.8 Å². The summed E-state index contributed by atoms with van der Waals surface area (Å²) in [6, 6.07) is 84.3. The molecule has 1 aromatic heterocycles. The van der Waals surface area contributed by atoms with Crippen LogP contribution in [0.1, 0.15) is 47.2 Å².